The minimum absolute atomic E-state index is 0. The van der Waals surface area contributed by atoms with Gasteiger partial charge in [0.1, 0.15) is 0 Å². The molecule has 2 N–H and O–H groups in total. The summed E-state index contributed by atoms with van der Waals surface area (Å²) in [4.78, 5) is 30.1. The predicted molar refractivity (Wildman–Crippen MR) is 137 cm³/mol. The average Bonchev–Trinajstić information content (AvgIpc) is 3.53. The Kier molecular flexibility index (Phi) is 7.69. The molecule has 3 heterocycles. The van der Waals surface area contributed by atoms with Crippen LogP contribution in [0.15, 0.2) is 42.5 Å². The van der Waals surface area contributed by atoms with Gasteiger partial charge in [0.05, 0.1) is 0 Å². The molecule has 2 fully saturated rings. The molecule has 34 heavy (non-hydrogen) atoms. The number of piperidine rings is 1. The van der Waals surface area contributed by atoms with E-state index in [0.29, 0.717) is 23.1 Å². The minimum atomic E-state index is -0.149. The fraction of sp³-hybridized carbons (Fsp3) is 0.500. The Morgan fingerprint density at radius 2 is 1.68 bits per heavy atom. The lowest BCUT2D eigenvalue weighted by molar-refractivity contribution is 0.0674. The number of nitrogens with one attached hydrogen (secondary N) is 2. The summed E-state index contributed by atoms with van der Waals surface area (Å²) in [5, 5.41) is 6.62. The summed E-state index contributed by atoms with van der Waals surface area (Å²) in [6, 6.07) is 13.9. The predicted octanol–water partition coefficient (Wildman–Crippen LogP) is 4.51. The maximum absolute atomic E-state index is 13.0. The molecule has 2 aromatic carbocycles. The Labute approximate surface area is 203 Å². The summed E-state index contributed by atoms with van der Waals surface area (Å²) in [5.74, 6) is 0.606. The molecule has 3 aliphatic rings. The number of fused-ring (bicyclic) bond motifs is 1. The van der Waals surface area contributed by atoms with E-state index in [1.165, 1.54) is 24.0 Å². The molecule has 0 saturated carbocycles. The van der Waals surface area contributed by atoms with E-state index in [0.717, 1.165) is 57.8 Å². The van der Waals surface area contributed by atoms with Gasteiger partial charge in [-0.15, -0.1) is 0 Å². The Morgan fingerprint density at radius 1 is 0.971 bits per heavy atom. The van der Waals surface area contributed by atoms with Crippen molar-refractivity contribution in [2.75, 3.05) is 31.5 Å². The van der Waals surface area contributed by atoms with E-state index in [2.05, 4.69) is 34.6 Å². The molecular weight excluding hydrogens is 424 g/mol. The third kappa shape index (κ3) is 5.18. The molecule has 5 rings (SSSR count). The number of anilines is 1. The molecule has 0 aromatic heterocycles. The van der Waals surface area contributed by atoms with Crippen molar-refractivity contribution >= 4 is 17.5 Å². The standard InChI is InChI=1S/C27H34N4O2.CH4/c1-2-30-17-22-9-10-24(16-23(22)18-30)29-26(32)20-5-7-21(8-6-20)27(33)31-14-11-19(12-15-31)25-4-3-13-28-25;/h5-10,16,19,25,28H,2-4,11-15,17-18H2,1H3,(H,29,32);1H4. The van der Waals surface area contributed by atoms with Gasteiger partial charge < -0.3 is 15.5 Å². The topological polar surface area (TPSA) is 64.7 Å². The van der Waals surface area contributed by atoms with Crippen molar-refractivity contribution in [1.29, 1.82) is 0 Å². The molecule has 2 amide bonds. The summed E-state index contributed by atoms with van der Waals surface area (Å²) in [6.07, 6.45) is 4.68. The van der Waals surface area contributed by atoms with Crippen molar-refractivity contribution in [3.63, 3.8) is 0 Å². The van der Waals surface area contributed by atoms with Crippen LogP contribution in [0.25, 0.3) is 0 Å². The highest BCUT2D eigenvalue weighted by Gasteiger charge is 2.30. The van der Waals surface area contributed by atoms with Crippen LogP contribution in [0.5, 0.6) is 0 Å². The van der Waals surface area contributed by atoms with Gasteiger partial charge in [0.15, 0.2) is 0 Å². The van der Waals surface area contributed by atoms with Crippen LogP contribution in [0.1, 0.15) is 71.9 Å². The second-order valence-corrected chi connectivity index (χ2v) is 9.65. The average molecular weight is 463 g/mol. The number of hydrogen-bond donors (Lipinski definition) is 2. The lowest BCUT2D eigenvalue weighted by Crippen LogP contribution is -2.43. The largest absolute Gasteiger partial charge is 0.339 e. The second kappa shape index (κ2) is 10.7. The van der Waals surface area contributed by atoms with Gasteiger partial charge in [0.2, 0.25) is 0 Å². The number of hydrogen-bond acceptors (Lipinski definition) is 4. The van der Waals surface area contributed by atoms with Crippen molar-refractivity contribution in [3.05, 3.63) is 64.7 Å². The zero-order chi connectivity index (χ0) is 22.8. The van der Waals surface area contributed by atoms with Crippen LogP contribution in [-0.2, 0) is 13.1 Å². The zero-order valence-electron chi connectivity index (χ0n) is 19.5. The quantitative estimate of drug-likeness (QED) is 0.686. The first-order valence-electron chi connectivity index (χ1n) is 12.4. The maximum atomic E-state index is 13.0. The third-order valence-corrected chi connectivity index (χ3v) is 7.59. The van der Waals surface area contributed by atoms with Gasteiger partial charge in [-0.3, -0.25) is 14.5 Å². The molecule has 182 valence electrons. The smallest absolute Gasteiger partial charge is 0.255 e. The van der Waals surface area contributed by atoms with Crippen LogP contribution in [0.3, 0.4) is 0 Å². The van der Waals surface area contributed by atoms with Gasteiger partial charge in [0.25, 0.3) is 11.8 Å². The molecule has 0 bridgehead atoms. The molecule has 0 spiro atoms. The first-order chi connectivity index (χ1) is 16.1. The van der Waals surface area contributed by atoms with Crippen LogP contribution in [-0.4, -0.2) is 53.8 Å². The van der Waals surface area contributed by atoms with Gasteiger partial charge in [-0.2, -0.15) is 0 Å². The van der Waals surface area contributed by atoms with Crippen molar-refractivity contribution in [3.8, 4) is 0 Å². The van der Waals surface area contributed by atoms with Gasteiger partial charge in [-0.05, 0) is 92.2 Å². The van der Waals surface area contributed by atoms with Crippen LogP contribution in [0.2, 0.25) is 0 Å². The van der Waals surface area contributed by atoms with Crippen LogP contribution >= 0.6 is 0 Å². The van der Waals surface area contributed by atoms with E-state index < -0.39 is 0 Å². The summed E-state index contributed by atoms with van der Waals surface area (Å²) in [5.41, 5.74) is 4.65. The van der Waals surface area contributed by atoms with Gasteiger partial charge in [-0.1, -0.05) is 20.4 Å². The van der Waals surface area contributed by atoms with Crippen molar-refractivity contribution < 1.29 is 9.59 Å². The number of carbonyl (C=O) groups is 2. The molecular formula is C28H38N4O2. The molecule has 2 saturated heterocycles. The van der Waals surface area contributed by atoms with E-state index >= 15 is 0 Å². The summed E-state index contributed by atoms with van der Waals surface area (Å²) in [6.45, 7) is 7.87. The number of rotatable bonds is 5. The Morgan fingerprint density at radius 3 is 2.35 bits per heavy atom. The van der Waals surface area contributed by atoms with E-state index in [9.17, 15) is 9.59 Å². The fourth-order valence-corrected chi connectivity index (χ4v) is 5.54. The molecule has 6 nitrogen and oxygen atoms in total. The molecule has 6 heteroatoms. The Hall–Kier alpha value is -2.70. The molecule has 2 aromatic rings. The molecule has 3 aliphatic heterocycles. The Bertz CT molecular complexity index is 1010. The maximum Gasteiger partial charge on any atom is 0.255 e. The van der Waals surface area contributed by atoms with Gasteiger partial charge in [-0.25, -0.2) is 0 Å². The number of amides is 2. The SMILES string of the molecule is C.CCN1Cc2ccc(NC(=O)c3ccc(C(=O)N4CCC(C5CCCN5)CC4)cc3)cc2C1. The van der Waals surface area contributed by atoms with E-state index in [1.807, 2.05) is 11.0 Å². The minimum Gasteiger partial charge on any atom is -0.339 e. The van der Waals surface area contributed by atoms with E-state index in [-0.39, 0.29) is 19.2 Å². The lowest BCUT2D eigenvalue weighted by Gasteiger charge is -2.35. The van der Waals surface area contributed by atoms with Crippen LogP contribution in [0, 0.1) is 5.92 Å². The highest BCUT2D eigenvalue weighted by Crippen LogP contribution is 2.27. The lowest BCUT2D eigenvalue weighted by atomic mass is 9.88. The molecule has 0 radical (unpaired) electrons. The first-order valence-corrected chi connectivity index (χ1v) is 12.4. The summed E-state index contributed by atoms with van der Waals surface area (Å²) in [7, 11) is 0. The van der Waals surface area contributed by atoms with Crippen LogP contribution < -0.4 is 10.6 Å². The fourth-order valence-electron chi connectivity index (χ4n) is 5.54. The van der Waals surface area contributed by atoms with Crippen LogP contribution in [0.4, 0.5) is 5.69 Å². The number of benzene rings is 2. The summed E-state index contributed by atoms with van der Waals surface area (Å²) >= 11 is 0. The number of carbonyl (C=O) groups excluding carboxylic acids is 2. The van der Waals surface area contributed by atoms with Gasteiger partial charge >= 0.3 is 0 Å². The third-order valence-electron chi connectivity index (χ3n) is 7.59. The number of likely N-dealkylation sites (tertiary alicyclic amines) is 1. The van der Waals surface area contributed by atoms with Crippen molar-refractivity contribution in [2.24, 2.45) is 5.92 Å². The van der Waals surface area contributed by atoms with Crippen molar-refractivity contribution in [1.82, 2.24) is 15.1 Å². The Balaban J connectivity index is 0.00000274. The zero-order valence-corrected chi connectivity index (χ0v) is 19.5. The van der Waals surface area contributed by atoms with Gasteiger partial charge in [0, 0.05) is 49.0 Å². The monoisotopic (exact) mass is 462 g/mol. The summed E-state index contributed by atoms with van der Waals surface area (Å²) < 4.78 is 0. The van der Waals surface area contributed by atoms with E-state index in [1.54, 1.807) is 24.3 Å². The highest BCUT2D eigenvalue weighted by atomic mass is 16.2. The molecule has 1 unspecified atom stereocenters. The van der Waals surface area contributed by atoms with Crippen molar-refractivity contribution in [2.45, 2.75) is 59.2 Å². The first kappa shape index (κ1) is 24.4. The number of nitrogens with zero attached hydrogens (tertiary/aromatic N) is 2. The molecule has 1 atom stereocenters. The second-order valence-electron chi connectivity index (χ2n) is 9.65. The van der Waals surface area contributed by atoms with E-state index in [4.69, 9.17) is 0 Å². The molecule has 0 aliphatic carbocycles. The highest BCUT2D eigenvalue weighted by molar-refractivity contribution is 6.05. The normalized spacial score (nSPS) is 20.6.